The van der Waals surface area contributed by atoms with Gasteiger partial charge >= 0.3 is 11.9 Å². The van der Waals surface area contributed by atoms with Gasteiger partial charge in [-0.15, -0.1) is 0 Å². The molecule has 0 radical (unpaired) electrons. The van der Waals surface area contributed by atoms with E-state index in [1.165, 1.54) is 14.2 Å². The molecule has 1 aliphatic rings. The van der Waals surface area contributed by atoms with Crippen molar-refractivity contribution in [3.63, 3.8) is 0 Å². The monoisotopic (exact) mass is 332 g/mol. The lowest BCUT2D eigenvalue weighted by molar-refractivity contribution is -0.294. The van der Waals surface area contributed by atoms with E-state index < -0.39 is 23.3 Å². The van der Waals surface area contributed by atoms with Gasteiger partial charge in [-0.3, -0.25) is 9.59 Å². The van der Waals surface area contributed by atoms with Crippen molar-refractivity contribution in [3.8, 4) is 0 Å². The predicted octanol–water partition coefficient (Wildman–Crippen LogP) is 1.68. The fourth-order valence-electron chi connectivity index (χ4n) is 2.40. The minimum absolute atomic E-state index is 0.0520. The lowest BCUT2D eigenvalue weighted by Gasteiger charge is -2.42. The topological polar surface area (TPSA) is 80.3 Å². The summed E-state index contributed by atoms with van der Waals surface area (Å²) in [5, 5.41) is 0. The third-order valence-electron chi connectivity index (χ3n) is 3.81. The highest BCUT2D eigenvalue weighted by molar-refractivity contribution is 5.75. The number of hydrogen-bond acceptors (Lipinski definition) is 7. The smallest absolute Gasteiger partial charge is 0.311 e. The minimum atomic E-state index is -1.13. The highest BCUT2D eigenvalue weighted by Crippen LogP contribution is 2.34. The lowest BCUT2D eigenvalue weighted by Crippen LogP contribution is -2.51. The third-order valence-corrected chi connectivity index (χ3v) is 3.81. The van der Waals surface area contributed by atoms with Crippen LogP contribution in [0.25, 0.3) is 0 Å². The van der Waals surface area contributed by atoms with E-state index in [4.69, 9.17) is 23.7 Å². The van der Waals surface area contributed by atoms with E-state index in [1.807, 2.05) is 0 Å². The molecule has 0 N–H and O–H groups in total. The van der Waals surface area contributed by atoms with E-state index in [0.29, 0.717) is 12.8 Å². The van der Waals surface area contributed by atoms with E-state index in [-0.39, 0.29) is 25.1 Å². The number of ether oxygens (including phenoxy) is 5. The predicted molar refractivity (Wildman–Crippen MR) is 81.7 cm³/mol. The molecule has 134 valence electrons. The van der Waals surface area contributed by atoms with E-state index in [0.717, 1.165) is 0 Å². The summed E-state index contributed by atoms with van der Waals surface area (Å²) in [6, 6.07) is 0. The number of methoxy groups -OCH3 is 3. The Hall–Kier alpha value is -1.18. The number of carbonyl (C=O) groups is 2. The first kappa shape index (κ1) is 19.9. The van der Waals surface area contributed by atoms with Crippen LogP contribution in [0.5, 0.6) is 0 Å². The van der Waals surface area contributed by atoms with Crippen LogP contribution in [0.1, 0.15) is 40.0 Å². The summed E-state index contributed by atoms with van der Waals surface area (Å²) in [6.45, 7) is 5.44. The Balaban J connectivity index is 2.76. The maximum Gasteiger partial charge on any atom is 0.311 e. The largest absolute Gasteiger partial charge is 0.469 e. The number of carbonyl (C=O) groups excluding carboxylic acids is 2. The molecule has 1 heterocycles. The van der Waals surface area contributed by atoms with Crippen LogP contribution in [0.2, 0.25) is 0 Å². The lowest BCUT2D eigenvalue weighted by atomic mass is 9.95. The van der Waals surface area contributed by atoms with Crippen LogP contribution in [-0.4, -0.2) is 57.9 Å². The summed E-state index contributed by atoms with van der Waals surface area (Å²) in [6.07, 6.45) is 0.332. The van der Waals surface area contributed by atoms with Gasteiger partial charge in [0.05, 0.1) is 31.2 Å². The van der Waals surface area contributed by atoms with Crippen LogP contribution >= 0.6 is 0 Å². The van der Waals surface area contributed by atoms with Crippen LogP contribution in [0, 0.1) is 5.41 Å². The van der Waals surface area contributed by atoms with Gasteiger partial charge in [0, 0.05) is 27.1 Å². The first-order valence-electron chi connectivity index (χ1n) is 7.65. The first-order valence-corrected chi connectivity index (χ1v) is 7.65. The van der Waals surface area contributed by atoms with E-state index in [2.05, 4.69) is 0 Å². The van der Waals surface area contributed by atoms with Crippen LogP contribution in [-0.2, 0) is 33.3 Å². The van der Waals surface area contributed by atoms with Gasteiger partial charge in [0.15, 0.2) is 5.79 Å². The molecule has 7 nitrogen and oxygen atoms in total. The van der Waals surface area contributed by atoms with Gasteiger partial charge in [-0.1, -0.05) is 0 Å². The van der Waals surface area contributed by atoms with Crippen LogP contribution < -0.4 is 0 Å². The van der Waals surface area contributed by atoms with Crippen molar-refractivity contribution in [1.29, 1.82) is 0 Å². The van der Waals surface area contributed by atoms with Gasteiger partial charge in [0.25, 0.3) is 0 Å². The van der Waals surface area contributed by atoms with Crippen molar-refractivity contribution >= 4 is 11.9 Å². The molecular weight excluding hydrogens is 304 g/mol. The highest BCUT2D eigenvalue weighted by atomic mass is 16.7. The number of hydrogen-bond donors (Lipinski definition) is 0. The van der Waals surface area contributed by atoms with Gasteiger partial charge in [-0.25, -0.2) is 0 Å². The molecule has 0 spiro atoms. The Kier molecular flexibility index (Phi) is 6.98. The average molecular weight is 332 g/mol. The Labute approximate surface area is 137 Å². The molecule has 1 fully saturated rings. The third kappa shape index (κ3) is 5.75. The highest BCUT2D eigenvalue weighted by Gasteiger charge is 2.44. The molecule has 0 amide bonds. The summed E-state index contributed by atoms with van der Waals surface area (Å²) >= 11 is 0. The second-order valence-corrected chi connectivity index (χ2v) is 6.75. The Morgan fingerprint density at radius 2 is 1.87 bits per heavy atom. The van der Waals surface area contributed by atoms with Gasteiger partial charge in [0.1, 0.15) is 6.61 Å². The second kappa shape index (κ2) is 8.08. The van der Waals surface area contributed by atoms with E-state index in [9.17, 15) is 9.59 Å². The standard InChI is InChI=1S/C16H28O7/c1-15(2,3)14(18)22-10-12-7-11(19-4)8-16(21-6,23-12)9-13(17)20-5/h11-12H,7-10H2,1-6H3/t11-,12-,16+/m0/s1. The minimum Gasteiger partial charge on any atom is -0.469 e. The number of rotatable bonds is 6. The molecule has 7 heteroatoms. The molecule has 1 saturated heterocycles. The maximum atomic E-state index is 11.9. The molecule has 0 bridgehead atoms. The molecule has 0 unspecified atom stereocenters. The quantitative estimate of drug-likeness (QED) is 0.684. The summed E-state index contributed by atoms with van der Waals surface area (Å²) in [5.74, 6) is -1.88. The summed E-state index contributed by atoms with van der Waals surface area (Å²) in [4.78, 5) is 23.5. The van der Waals surface area contributed by atoms with Gasteiger partial charge < -0.3 is 23.7 Å². The molecule has 0 aromatic carbocycles. The summed E-state index contributed by atoms with van der Waals surface area (Å²) < 4.78 is 26.8. The molecule has 1 aliphatic heterocycles. The molecule has 0 aromatic rings. The molecule has 0 aromatic heterocycles. The average Bonchev–Trinajstić information content (AvgIpc) is 2.51. The SMILES string of the molecule is COC(=O)C[C@@]1(OC)C[C@@H](OC)C[C@@H](COC(=O)C(C)(C)C)O1. The van der Waals surface area contributed by atoms with E-state index in [1.54, 1.807) is 27.9 Å². The molecule has 0 saturated carbocycles. The van der Waals surface area contributed by atoms with E-state index >= 15 is 0 Å². The molecule has 1 rings (SSSR count). The number of esters is 2. The molecule has 23 heavy (non-hydrogen) atoms. The van der Waals surface area contributed by atoms with Crippen LogP contribution in [0.4, 0.5) is 0 Å². The van der Waals surface area contributed by atoms with Crippen molar-refractivity contribution in [3.05, 3.63) is 0 Å². The molecule has 0 aliphatic carbocycles. The van der Waals surface area contributed by atoms with Crippen molar-refractivity contribution < 1.29 is 33.3 Å². The first-order chi connectivity index (χ1) is 10.7. The fourth-order valence-corrected chi connectivity index (χ4v) is 2.40. The van der Waals surface area contributed by atoms with Crippen molar-refractivity contribution in [2.24, 2.45) is 5.41 Å². The summed E-state index contributed by atoms with van der Waals surface area (Å²) in [7, 11) is 4.37. The fraction of sp³-hybridized carbons (Fsp3) is 0.875. The van der Waals surface area contributed by atoms with Gasteiger partial charge in [-0.05, 0) is 20.8 Å². The zero-order chi connectivity index (χ0) is 17.7. The normalized spacial score (nSPS) is 28.3. The second-order valence-electron chi connectivity index (χ2n) is 6.75. The van der Waals surface area contributed by atoms with Crippen molar-refractivity contribution in [2.75, 3.05) is 27.9 Å². The van der Waals surface area contributed by atoms with Crippen LogP contribution in [0.15, 0.2) is 0 Å². The Bertz CT molecular complexity index is 415. The van der Waals surface area contributed by atoms with Crippen molar-refractivity contribution in [2.45, 2.75) is 58.0 Å². The van der Waals surface area contributed by atoms with Gasteiger partial charge in [0.2, 0.25) is 0 Å². The maximum absolute atomic E-state index is 11.9. The Morgan fingerprint density at radius 1 is 1.22 bits per heavy atom. The molecular formula is C16H28O7. The van der Waals surface area contributed by atoms with Crippen molar-refractivity contribution in [1.82, 2.24) is 0 Å². The molecule has 3 atom stereocenters. The van der Waals surface area contributed by atoms with Gasteiger partial charge in [-0.2, -0.15) is 0 Å². The zero-order valence-electron chi connectivity index (χ0n) is 14.8. The Morgan fingerprint density at radius 3 is 2.35 bits per heavy atom. The zero-order valence-corrected chi connectivity index (χ0v) is 14.8. The van der Waals surface area contributed by atoms with Crippen LogP contribution in [0.3, 0.4) is 0 Å². The summed E-state index contributed by atoms with van der Waals surface area (Å²) in [5.41, 5.74) is -0.584.